The molecule has 1 rings (SSSR count). The topological polar surface area (TPSA) is 95.7 Å². The Balaban J connectivity index is 2.48. The van der Waals surface area contributed by atoms with Gasteiger partial charge in [0, 0.05) is 24.5 Å². The molecule has 126 valence electrons. The number of nitro benzene ring substituents is 1. The van der Waals surface area contributed by atoms with Crippen LogP contribution in [-0.2, 0) is 9.53 Å². The van der Waals surface area contributed by atoms with Crippen LogP contribution >= 0.6 is 0 Å². The van der Waals surface area contributed by atoms with Crippen LogP contribution in [0.3, 0.4) is 0 Å². The van der Waals surface area contributed by atoms with Crippen LogP contribution in [-0.4, -0.2) is 30.4 Å². The van der Waals surface area contributed by atoms with Gasteiger partial charge in [0.25, 0.3) is 0 Å². The molecule has 0 atom stereocenters. The lowest BCUT2D eigenvalue weighted by Gasteiger charge is -2.05. The van der Waals surface area contributed by atoms with Gasteiger partial charge in [0.2, 0.25) is 0 Å². The largest absolute Gasteiger partial charge is 0.490 e. The van der Waals surface area contributed by atoms with Crippen LogP contribution in [0.15, 0.2) is 18.2 Å². The van der Waals surface area contributed by atoms with Crippen molar-refractivity contribution in [1.29, 1.82) is 0 Å². The summed E-state index contributed by atoms with van der Waals surface area (Å²) in [5.41, 5.74) is 0.0727. The molecule has 0 N–H and O–H groups in total. The molecule has 1 aromatic rings. The quantitative estimate of drug-likeness (QED) is 0.215. The average Bonchev–Trinajstić information content (AvgIpc) is 2.53. The second-order valence-electron chi connectivity index (χ2n) is 4.93. The molecule has 0 bridgehead atoms. The predicted octanol–water partition coefficient (Wildman–Crippen LogP) is 3.30. The number of rotatable bonds is 10. The van der Waals surface area contributed by atoms with E-state index < -0.39 is 4.92 Å². The first-order valence-corrected chi connectivity index (χ1v) is 7.50. The molecule has 0 unspecified atom stereocenters. The third-order valence-electron chi connectivity index (χ3n) is 3.29. The number of ether oxygens (including phenoxy) is 2. The number of hydrogen-bond donors (Lipinski definition) is 0. The van der Waals surface area contributed by atoms with Gasteiger partial charge in [0.1, 0.15) is 0 Å². The number of hydrogen-bond acceptors (Lipinski definition) is 6. The number of unbranched alkanes of at least 4 members (excludes halogenated alkanes) is 2. The first kappa shape index (κ1) is 18.6. The van der Waals surface area contributed by atoms with E-state index in [2.05, 4.69) is 0 Å². The minimum atomic E-state index is -0.574. The van der Waals surface area contributed by atoms with Crippen molar-refractivity contribution in [3.63, 3.8) is 0 Å². The summed E-state index contributed by atoms with van der Waals surface area (Å²) in [6.45, 7) is 2.12. The molecule has 0 amide bonds. The fourth-order valence-electron chi connectivity index (χ4n) is 2.12. The van der Waals surface area contributed by atoms with E-state index in [0.29, 0.717) is 31.4 Å². The number of carbonyl (C=O) groups excluding carboxylic acids is 2. The molecule has 1 aromatic carbocycles. The van der Waals surface area contributed by atoms with Gasteiger partial charge in [0.15, 0.2) is 11.5 Å². The maximum Gasteiger partial charge on any atom is 0.311 e. The molecule has 7 nitrogen and oxygen atoms in total. The maximum absolute atomic E-state index is 12.1. The Kier molecular flexibility index (Phi) is 7.73. The van der Waals surface area contributed by atoms with Crippen molar-refractivity contribution in [2.75, 3.05) is 13.7 Å². The molecule has 0 spiro atoms. The van der Waals surface area contributed by atoms with Gasteiger partial charge in [-0.2, -0.15) is 0 Å². The summed E-state index contributed by atoms with van der Waals surface area (Å²) in [6.07, 6.45) is 2.64. The second-order valence-corrected chi connectivity index (χ2v) is 4.93. The highest BCUT2D eigenvalue weighted by Gasteiger charge is 2.17. The fraction of sp³-hybridized carbons (Fsp3) is 0.500. The van der Waals surface area contributed by atoms with Gasteiger partial charge in [0.05, 0.1) is 18.6 Å². The van der Waals surface area contributed by atoms with Gasteiger partial charge >= 0.3 is 11.7 Å². The molecule has 0 saturated heterocycles. The van der Waals surface area contributed by atoms with E-state index >= 15 is 0 Å². The Hall–Kier alpha value is -2.44. The zero-order valence-electron chi connectivity index (χ0n) is 13.4. The lowest BCUT2D eigenvalue weighted by molar-refractivity contribution is -0.385. The van der Waals surface area contributed by atoms with E-state index in [1.54, 1.807) is 6.92 Å². The minimum absolute atomic E-state index is 0.126. The van der Waals surface area contributed by atoms with Gasteiger partial charge < -0.3 is 9.47 Å². The van der Waals surface area contributed by atoms with Crippen LogP contribution in [0.4, 0.5) is 5.69 Å². The summed E-state index contributed by atoms with van der Waals surface area (Å²) in [5.74, 6) is -0.266. The smallest absolute Gasteiger partial charge is 0.311 e. The van der Waals surface area contributed by atoms with E-state index in [-0.39, 0.29) is 29.6 Å². The Bertz CT molecular complexity index is 570. The van der Waals surface area contributed by atoms with Gasteiger partial charge in [-0.1, -0.05) is 6.42 Å². The Morgan fingerprint density at radius 2 is 1.87 bits per heavy atom. The molecule has 23 heavy (non-hydrogen) atoms. The average molecular weight is 323 g/mol. The molecule has 0 aliphatic rings. The number of nitro groups is 1. The lowest BCUT2D eigenvalue weighted by Crippen LogP contribution is -2.04. The summed E-state index contributed by atoms with van der Waals surface area (Å²) < 4.78 is 9.71. The summed E-state index contributed by atoms with van der Waals surface area (Å²) >= 11 is 0. The van der Waals surface area contributed by atoms with Crippen LogP contribution in [0.1, 0.15) is 49.4 Å². The predicted molar refractivity (Wildman–Crippen MR) is 83.7 cm³/mol. The van der Waals surface area contributed by atoms with E-state index in [1.165, 1.54) is 25.3 Å². The van der Waals surface area contributed by atoms with Crippen LogP contribution in [0.25, 0.3) is 0 Å². The van der Waals surface area contributed by atoms with Crippen molar-refractivity contribution in [2.24, 2.45) is 0 Å². The van der Waals surface area contributed by atoms with Gasteiger partial charge in [-0.05, 0) is 31.9 Å². The van der Waals surface area contributed by atoms with Gasteiger partial charge in [-0.15, -0.1) is 0 Å². The Morgan fingerprint density at radius 3 is 2.48 bits per heavy atom. The highest BCUT2D eigenvalue weighted by molar-refractivity contribution is 5.96. The first-order valence-electron chi connectivity index (χ1n) is 7.50. The molecule has 0 aliphatic heterocycles. The van der Waals surface area contributed by atoms with Crippen LogP contribution in [0.2, 0.25) is 0 Å². The molecule has 0 aliphatic carbocycles. The third-order valence-corrected chi connectivity index (χ3v) is 3.29. The molecule has 7 heteroatoms. The molecular formula is C16H21NO6. The molecular weight excluding hydrogens is 302 g/mol. The summed E-state index contributed by atoms with van der Waals surface area (Å²) in [5, 5.41) is 10.9. The van der Waals surface area contributed by atoms with Gasteiger partial charge in [-0.3, -0.25) is 19.7 Å². The van der Waals surface area contributed by atoms with Crippen LogP contribution < -0.4 is 4.74 Å². The SMILES string of the molecule is CCOC(=O)CCCCCC(=O)c1ccc(OC)c([N+](=O)[O-])c1. The van der Waals surface area contributed by atoms with Crippen molar-refractivity contribution in [3.8, 4) is 5.75 Å². The number of methoxy groups -OCH3 is 1. The van der Waals surface area contributed by atoms with Crippen molar-refractivity contribution in [2.45, 2.75) is 39.0 Å². The number of benzene rings is 1. The lowest BCUT2D eigenvalue weighted by atomic mass is 10.0. The number of ketones is 1. The number of esters is 1. The Morgan fingerprint density at radius 1 is 1.17 bits per heavy atom. The van der Waals surface area contributed by atoms with Crippen molar-refractivity contribution >= 4 is 17.4 Å². The first-order chi connectivity index (χ1) is 11.0. The minimum Gasteiger partial charge on any atom is -0.490 e. The molecule has 0 saturated carbocycles. The van der Waals surface area contributed by atoms with Crippen molar-refractivity contribution < 1.29 is 24.0 Å². The molecule has 0 heterocycles. The van der Waals surface area contributed by atoms with Crippen LogP contribution in [0, 0.1) is 10.1 Å². The normalized spacial score (nSPS) is 10.2. The van der Waals surface area contributed by atoms with E-state index in [9.17, 15) is 19.7 Å². The standard InChI is InChI=1S/C16H21NO6/c1-3-23-16(19)8-6-4-5-7-14(18)12-9-10-15(22-2)13(11-12)17(20)21/h9-11H,3-8H2,1-2H3. The molecule has 0 radical (unpaired) electrons. The van der Waals surface area contributed by atoms with Gasteiger partial charge in [-0.25, -0.2) is 0 Å². The van der Waals surface area contributed by atoms with E-state index in [4.69, 9.17) is 9.47 Å². The summed E-state index contributed by atoms with van der Waals surface area (Å²) in [7, 11) is 1.34. The second kappa shape index (κ2) is 9.55. The molecule has 0 fully saturated rings. The molecule has 0 aromatic heterocycles. The monoisotopic (exact) mass is 323 g/mol. The van der Waals surface area contributed by atoms with E-state index in [1.807, 2.05) is 0 Å². The Labute approximate surface area is 134 Å². The van der Waals surface area contributed by atoms with Crippen molar-refractivity contribution in [1.82, 2.24) is 0 Å². The fourth-order valence-corrected chi connectivity index (χ4v) is 2.12. The summed E-state index contributed by atoms with van der Waals surface area (Å²) in [6, 6.07) is 4.18. The third kappa shape index (κ3) is 6.06. The highest BCUT2D eigenvalue weighted by atomic mass is 16.6. The maximum atomic E-state index is 12.1. The number of carbonyl (C=O) groups is 2. The van der Waals surface area contributed by atoms with Crippen LogP contribution in [0.5, 0.6) is 5.75 Å². The summed E-state index contributed by atoms with van der Waals surface area (Å²) in [4.78, 5) is 33.6. The number of Topliss-reactive ketones (excluding diaryl/α,β-unsaturated/α-hetero) is 1. The van der Waals surface area contributed by atoms with E-state index in [0.717, 1.165) is 6.42 Å². The van der Waals surface area contributed by atoms with Crippen molar-refractivity contribution in [3.05, 3.63) is 33.9 Å². The number of nitrogens with zero attached hydrogens (tertiary/aromatic N) is 1. The zero-order chi connectivity index (χ0) is 17.2. The highest BCUT2D eigenvalue weighted by Crippen LogP contribution is 2.28. The zero-order valence-corrected chi connectivity index (χ0v) is 13.4.